The highest BCUT2D eigenvalue weighted by Gasteiger charge is 2.28. The van der Waals surface area contributed by atoms with E-state index in [4.69, 9.17) is 17.2 Å². The van der Waals surface area contributed by atoms with E-state index in [1.165, 1.54) is 0 Å². The molecule has 1 atom stereocenters. The monoisotopic (exact) mass is 262 g/mol. The van der Waals surface area contributed by atoms with Crippen molar-refractivity contribution < 1.29 is 9.59 Å². The van der Waals surface area contributed by atoms with Gasteiger partial charge in [-0.1, -0.05) is 0 Å². The lowest BCUT2D eigenvalue weighted by atomic mass is 9.96. The second-order valence-electron chi connectivity index (χ2n) is 4.84. The highest BCUT2D eigenvalue weighted by molar-refractivity contribution is 6.00. The number of benzene rings is 1. The SMILES string of the molecule is NC(=O)C1CCCN(C(=O)c2ccc(N)cc2N)C1. The molecule has 0 radical (unpaired) electrons. The fourth-order valence-corrected chi connectivity index (χ4v) is 2.34. The minimum atomic E-state index is -0.359. The summed E-state index contributed by atoms with van der Waals surface area (Å²) in [6.07, 6.45) is 1.50. The summed E-state index contributed by atoms with van der Waals surface area (Å²) in [5.74, 6) is -0.807. The van der Waals surface area contributed by atoms with Gasteiger partial charge in [-0.15, -0.1) is 0 Å². The van der Waals surface area contributed by atoms with E-state index < -0.39 is 0 Å². The standard InChI is InChI=1S/C13H18N4O2/c14-9-3-4-10(11(15)6-9)13(19)17-5-1-2-8(7-17)12(16)18/h3-4,6,8H,1-2,5,7,14-15H2,(H2,16,18). The van der Waals surface area contributed by atoms with Gasteiger partial charge in [0.1, 0.15) is 0 Å². The van der Waals surface area contributed by atoms with E-state index in [-0.39, 0.29) is 17.7 Å². The van der Waals surface area contributed by atoms with Gasteiger partial charge in [-0.25, -0.2) is 0 Å². The third-order valence-corrected chi connectivity index (χ3v) is 3.42. The number of rotatable bonds is 2. The van der Waals surface area contributed by atoms with Crippen molar-refractivity contribution in [2.24, 2.45) is 11.7 Å². The van der Waals surface area contributed by atoms with Crippen LogP contribution >= 0.6 is 0 Å². The number of amides is 2. The lowest BCUT2D eigenvalue weighted by Crippen LogP contribution is -2.44. The summed E-state index contributed by atoms with van der Waals surface area (Å²) in [6.45, 7) is 0.977. The van der Waals surface area contributed by atoms with Crippen LogP contribution in [0.15, 0.2) is 18.2 Å². The average Bonchev–Trinajstić information content (AvgIpc) is 2.38. The highest BCUT2D eigenvalue weighted by Crippen LogP contribution is 2.22. The Bertz CT molecular complexity index is 515. The minimum Gasteiger partial charge on any atom is -0.399 e. The van der Waals surface area contributed by atoms with Gasteiger partial charge < -0.3 is 22.1 Å². The maximum Gasteiger partial charge on any atom is 0.255 e. The van der Waals surface area contributed by atoms with E-state index in [0.29, 0.717) is 30.0 Å². The minimum absolute atomic E-state index is 0.177. The van der Waals surface area contributed by atoms with Crippen molar-refractivity contribution in [2.75, 3.05) is 24.6 Å². The van der Waals surface area contributed by atoms with Crippen molar-refractivity contribution in [3.05, 3.63) is 23.8 Å². The number of hydrogen-bond acceptors (Lipinski definition) is 4. The largest absolute Gasteiger partial charge is 0.399 e. The number of anilines is 2. The lowest BCUT2D eigenvalue weighted by molar-refractivity contribution is -0.123. The zero-order valence-electron chi connectivity index (χ0n) is 10.6. The number of carbonyl (C=O) groups excluding carboxylic acids is 2. The Balaban J connectivity index is 2.17. The predicted octanol–water partition coefficient (Wildman–Crippen LogP) is 0.188. The smallest absolute Gasteiger partial charge is 0.255 e. The van der Waals surface area contributed by atoms with Gasteiger partial charge in [-0.2, -0.15) is 0 Å². The molecule has 6 nitrogen and oxygen atoms in total. The van der Waals surface area contributed by atoms with Gasteiger partial charge in [0.15, 0.2) is 0 Å². The maximum atomic E-state index is 12.4. The van der Waals surface area contributed by atoms with Gasteiger partial charge in [0.2, 0.25) is 5.91 Å². The summed E-state index contributed by atoms with van der Waals surface area (Å²) < 4.78 is 0. The first-order valence-corrected chi connectivity index (χ1v) is 6.22. The first kappa shape index (κ1) is 13.2. The van der Waals surface area contributed by atoms with Gasteiger partial charge in [-0.3, -0.25) is 9.59 Å². The van der Waals surface area contributed by atoms with Gasteiger partial charge in [0.25, 0.3) is 5.91 Å². The van der Waals surface area contributed by atoms with E-state index in [1.807, 2.05) is 0 Å². The molecule has 1 aromatic rings. The molecule has 0 saturated carbocycles. The van der Waals surface area contributed by atoms with Crippen molar-refractivity contribution in [3.8, 4) is 0 Å². The Kier molecular flexibility index (Phi) is 3.59. The Hall–Kier alpha value is -2.24. The molecular formula is C13H18N4O2. The Morgan fingerprint density at radius 1 is 1.26 bits per heavy atom. The van der Waals surface area contributed by atoms with Crippen molar-refractivity contribution in [2.45, 2.75) is 12.8 Å². The molecule has 6 N–H and O–H groups in total. The maximum absolute atomic E-state index is 12.4. The zero-order chi connectivity index (χ0) is 14.0. The zero-order valence-corrected chi connectivity index (χ0v) is 10.6. The third-order valence-electron chi connectivity index (χ3n) is 3.42. The number of nitrogens with zero attached hydrogens (tertiary/aromatic N) is 1. The number of likely N-dealkylation sites (tertiary alicyclic amines) is 1. The molecule has 102 valence electrons. The molecule has 1 saturated heterocycles. The number of piperidine rings is 1. The number of carbonyl (C=O) groups is 2. The fourth-order valence-electron chi connectivity index (χ4n) is 2.34. The lowest BCUT2D eigenvalue weighted by Gasteiger charge is -2.31. The van der Waals surface area contributed by atoms with Crippen LogP contribution in [0.25, 0.3) is 0 Å². The summed E-state index contributed by atoms with van der Waals surface area (Å²) in [5, 5.41) is 0. The molecule has 2 rings (SSSR count). The number of hydrogen-bond donors (Lipinski definition) is 3. The average molecular weight is 262 g/mol. The summed E-state index contributed by atoms with van der Waals surface area (Å²) in [4.78, 5) is 25.2. The van der Waals surface area contributed by atoms with E-state index in [2.05, 4.69) is 0 Å². The van der Waals surface area contributed by atoms with Gasteiger partial charge in [0.05, 0.1) is 11.5 Å². The first-order valence-electron chi connectivity index (χ1n) is 6.22. The van der Waals surface area contributed by atoms with Crippen LogP contribution in [-0.2, 0) is 4.79 Å². The predicted molar refractivity (Wildman–Crippen MR) is 73.1 cm³/mol. The van der Waals surface area contributed by atoms with E-state index >= 15 is 0 Å². The van der Waals surface area contributed by atoms with Crippen LogP contribution < -0.4 is 17.2 Å². The van der Waals surface area contributed by atoms with E-state index in [0.717, 1.165) is 12.8 Å². The van der Waals surface area contributed by atoms with Crippen LogP contribution in [0.3, 0.4) is 0 Å². The second kappa shape index (κ2) is 5.17. The quantitative estimate of drug-likeness (QED) is 0.660. The van der Waals surface area contributed by atoms with Gasteiger partial charge in [0, 0.05) is 24.5 Å². The van der Waals surface area contributed by atoms with Crippen LogP contribution in [0.4, 0.5) is 11.4 Å². The molecule has 1 heterocycles. The summed E-state index contributed by atoms with van der Waals surface area (Å²) in [7, 11) is 0. The van der Waals surface area contributed by atoms with Crippen molar-refractivity contribution >= 4 is 23.2 Å². The van der Waals surface area contributed by atoms with Crippen molar-refractivity contribution in [1.82, 2.24) is 4.90 Å². The molecule has 1 unspecified atom stereocenters. The molecule has 2 amide bonds. The number of nitrogen functional groups attached to an aromatic ring is 2. The molecule has 1 aromatic carbocycles. The van der Waals surface area contributed by atoms with Crippen molar-refractivity contribution in [3.63, 3.8) is 0 Å². The molecule has 0 aromatic heterocycles. The van der Waals surface area contributed by atoms with Crippen LogP contribution in [0, 0.1) is 5.92 Å². The molecule has 1 aliphatic heterocycles. The first-order chi connectivity index (χ1) is 8.99. The second-order valence-corrected chi connectivity index (χ2v) is 4.84. The molecule has 0 spiro atoms. The summed E-state index contributed by atoms with van der Waals surface area (Å²) in [5.41, 5.74) is 18.0. The van der Waals surface area contributed by atoms with Crippen LogP contribution in [0.5, 0.6) is 0 Å². The van der Waals surface area contributed by atoms with E-state index in [1.54, 1.807) is 23.1 Å². The highest BCUT2D eigenvalue weighted by atomic mass is 16.2. The normalized spacial score (nSPS) is 19.2. The molecule has 0 aliphatic carbocycles. The number of nitrogens with two attached hydrogens (primary N) is 3. The molecule has 0 bridgehead atoms. The number of primary amides is 1. The van der Waals surface area contributed by atoms with Crippen LogP contribution in [-0.4, -0.2) is 29.8 Å². The Morgan fingerprint density at radius 3 is 2.63 bits per heavy atom. The summed E-state index contributed by atoms with van der Waals surface area (Å²) >= 11 is 0. The van der Waals surface area contributed by atoms with E-state index in [9.17, 15) is 9.59 Å². The Morgan fingerprint density at radius 2 is 2.00 bits per heavy atom. The molecule has 1 fully saturated rings. The Labute approximate surface area is 111 Å². The van der Waals surface area contributed by atoms with Gasteiger partial charge in [-0.05, 0) is 31.0 Å². The summed E-state index contributed by atoms with van der Waals surface area (Å²) in [6, 6.07) is 4.81. The van der Waals surface area contributed by atoms with Crippen LogP contribution in [0.1, 0.15) is 23.2 Å². The molecular weight excluding hydrogens is 244 g/mol. The molecule has 6 heteroatoms. The topological polar surface area (TPSA) is 115 Å². The fraction of sp³-hybridized carbons (Fsp3) is 0.385. The molecule has 19 heavy (non-hydrogen) atoms. The van der Waals surface area contributed by atoms with Gasteiger partial charge >= 0.3 is 0 Å². The molecule has 1 aliphatic rings. The van der Waals surface area contributed by atoms with Crippen LogP contribution in [0.2, 0.25) is 0 Å². The third kappa shape index (κ3) is 2.78. The van der Waals surface area contributed by atoms with Crippen molar-refractivity contribution in [1.29, 1.82) is 0 Å².